The fraction of sp³-hybridized carbons (Fsp3) is 0.190. The molecular formula is C21H21N3O2S. The maximum atomic E-state index is 12.1. The van der Waals surface area contributed by atoms with Crippen molar-refractivity contribution in [1.29, 1.82) is 0 Å². The molecule has 0 unspecified atom stereocenters. The van der Waals surface area contributed by atoms with Gasteiger partial charge in [0.25, 0.3) is 5.91 Å². The first-order valence-corrected chi connectivity index (χ1v) is 9.58. The van der Waals surface area contributed by atoms with Crippen molar-refractivity contribution in [3.63, 3.8) is 0 Å². The van der Waals surface area contributed by atoms with Gasteiger partial charge < -0.3 is 0 Å². The number of hydrogen-bond donors (Lipinski definition) is 2. The van der Waals surface area contributed by atoms with E-state index in [1.807, 2.05) is 51.1 Å². The third kappa shape index (κ3) is 4.65. The molecule has 0 atom stereocenters. The van der Waals surface area contributed by atoms with E-state index in [0.29, 0.717) is 5.56 Å². The summed E-state index contributed by atoms with van der Waals surface area (Å²) in [4.78, 5) is 28.8. The first kappa shape index (κ1) is 18.9. The number of rotatable bonds is 4. The van der Waals surface area contributed by atoms with Crippen LogP contribution in [0.1, 0.15) is 27.0 Å². The number of aromatic nitrogens is 1. The van der Waals surface area contributed by atoms with Crippen molar-refractivity contribution in [2.75, 3.05) is 5.75 Å². The van der Waals surface area contributed by atoms with Crippen LogP contribution in [0.2, 0.25) is 0 Å². The normalized spacial score (nSPS) is 10.6. The zero-order valence-electron chi connectivity index (χ0n) is 15.5. The summed E-state index contributed by atoms with van der Waals surface area (Å²) in [7, 11) is 0. The summed E-state index contributed by atoms with van der Waals surface area (Å²) in [5.41, 5.74) is 9.52. The smallest absolute Gasteiger partial charge is 0.269 e. The van der Waals surface area contributed by atoms with E-state index >= 15 is 0 Å². The van der Waals surface area contributed by atoms with E-state index < -0.39 is 0 Å². The number of carbonyl (C=O) groups excluding carboxylic acids is 2. The number of fused-ring (bicyclic) bond motifs is 1. The van der Waals surface area contributed by atoms with Gasteiger partial charge in [-0.15, -0.1) is 0 Å². The minimum atomic E-state index is -0.344. The summed E-state index contributed by atoms with van der Waals surface area (Å²) in [6, 6.07) is 15.3. The van der Waals surface area contributed by atoms with E-state index in [4.69, 9.17) is 4.98 Å². The molecule has 2 aromatic carbocycles. The van der Waals surface area contributed by atoms with Gasteiger partial charge in [-0.2, -0.15) is 0 Å². The number of carbonyl (C=O) groups is 2. The van der Waals surface area contributed by atoms with Gasteiger partial charge in [0.1, 0.15) is 5.03 Å². The molecule has 27 heavy (non-hydrogen) atoms. The second kappa shape index (κ2) is 8.22. The first-order chi connectivity index (χ1) is 12.9. The highest BCUT2D eigenvalue weighted by Gasteiger charge is 2.10. The largest absolute Gasteiger partial charge is 0.272 e. The van der Waals surface area contributed by atoms with Crippen LogP contribution in [0, 0.1) is 20.8 Å². The molecule has 3 rings (SSSR count). The lowest BCUT2D eigenvalue weighted by Crippen LogP contribution is -2.42. The Bertz CT molecular complexity index is 1000. The third-order valence-electron chi connectivity index (χ3n) is 4.16. The molecule has 6 heteroatoms. The molecule has 2 amide bonds. The summed E-state index contributed by atoms with van der Waals surface area (Å²) in [6.45, 7) is 5.95. The number of amides is 2. The molecule has 138 valence electrons. The quantitative estimate of drug-likeness (QED) is 0.535. The van der Waals surface area contributed by atoms with Gasteiger partial charge in [0.05, 0.1) is 11.3 Å². The van der Waals surface area contributed by atoms with E-state index in [2.05, 4.69) is 16.9 Å². The first-order valence-electron chi connectivity index (χ1n) is 8.59. The number of para-hydroxylation sites is 1. The van der Waals surface area contributed by atoms with Crippen LogP contribution in [0.5, 0.6) is 0 Å². The maximum absolute atomic E-state index is 12.1. The van der Waals surface area contributed by atoms with Crippen molar-refractivity contribution in [3.05, 3.63) is 70.8 Å². The monoisotopic (exact) mass is 379 g/mol. The van der Waals surface area contributed by atoms with Gasteiger partial charge in [-0.25, -0.2) is 4.98 Å². The second-order valence-electron chi connectivity index (χ2n) is 6.41. The minimum absolute atomic E-state index is 0.166. The molecule has 1 heterocycles. The zero-order chi connectivity index (χ0) is 19.4. The molecular weight excluding hydrogens is 358 g/mol. The van der Waals surface area contributed by atoms with Gasteiger partial charge in [-0.3, -0.25) is 20.4 Å². The van der Waals surface area contributed by atoms with E-state index in [1.54, 1.807) is 12.1 Å². The summed E-state index contributed by atoms with van der Waals surface area (Å²) < 4.78 is 0. The van der Waals surface area contributed by atoms with Crippen molar-refractivity contribution in [2.45, 2.75) is 25.8 Å². The van der Waals surface area contributed by atoms with Gasteiger partial charge in [0.15, 0.2) is 0 Å². The molecule has 0 bridgehead atoms. The Kier molecular flexibility index (Phi) is 5.76. The Labute approximate surface area is 162 Å². The van der Waals surface area contributed by atoms with Gasteiger partial charge in [-0.05, 0) is 50.1 Å². The number of hydrogen-bond acceptors (Lipinski definition) is 4. The minimum Gasteiger partial charge on any atom is -0.272 e. The predicted octanol–water partition coefficient (Wildman–Crippen LogP) is 3.71. The fourth-order valence-corrected chi connectivity index (χ4v) is 3.44. The maximum Gasteiger partial charge on any atom is 0.269 e. The molecule has 0 spiro atoms. The highest BCUT2D eigenvalue weighted by Crippen LogP contribution is 2.25. The second-order valence-corrected chi connectivity index (χ2v) is 7.38. The average molecular weight is 379 g/mol. The lowest BCUT2D eigenvalue weighted by molar-refractivity contribution is -0.119. The Balaban J connectivity index is 1.58. The van der Waals surface area contributed by atoms with Crippen LogP contribution in [0.3, 0.4) is 0 Å². The van der Waals surface area contributed by atoms with E-state index in [0.717, 1.165) is 32.6 Å². The van der Waals surface area contributed by atoms with Gasteiger partial charge in [-0.1, -0.05) is 47.7 Å². The molecule has 1 aromatic heterocycles. The van der Waals surface area contributed by atoms with Gasteiger partial charge in [0, 0.05) is 10.9 Å². The van der Waals surface area contributed by atoms with Crippen molar-refractivity contribution in [1.82, 2.24) is 15.8 Å². The van der Waals surface area contributed by atoms with Gasteiger partial charge >= 0.3 is 0 Å². The highest BCUT2D eigenvalue weighted by molar-refractivity contribution is 7.99. The SMILES string of the molecule is Cc1ccc(C(=O)NNC(=O)CSc2nc3c(C)cccc3cc2C)cc1. The highest BCUT2D eigenvalue weighted by atomic mass is 32.2. The summed E-state index contributed by atoms with van der Waals surface area (Å²) in [5, 5.41) is 1.91. The van der Waals surface area contributed by atoms with E-state index in [1.165, 1.54) is 11.8 Å². The van der Waals surface area contributed by atoms with Crippen molar-refractivity contribution >= 4 is 34.5 Å². The Morgan fingerprint density at radius 1 is 0.963 bits per heavy atom. The fourth-order valence-electron chi connectivity index (χ4n) is 2.66. The Hall–Kier alpha value is -2.86. The van der Waals surface area contributed by atoms with E-state index in [-0.39, 0.29) is 17.6 Å². The number of benzene rings is 2. The van der Waals surface area contributed by atoms with Crippen LogP contribution < -0.4 is 10.9 Å². The molecule has 2 N–H and O–H groups in total. The number of pyridine rings is 1. The molecule has 5 nitrogen and oxygen atoms in total. The summed E-state index contributed by atoms with van der Waals surface area (Å²) in [6.07, 6.45) is 0. The number of aryl methyl sites for hydroxylation is 3. The standard InChI is InChI=1S/C21H21N3O2S/c1-13-7-9-16(10-8-13)20(26)24-23-18(25)12-27-21-15(3)11-17-6-4-5-14(2)19(17)22-21/h4-11H,12H2,1-3H3,(H,23,25)(H,24,26). The van der Waals surface area contributed by atoms with Gasteiger partial charge in [0.2, 0.25) is 5.91 Å². The van der Waals surface area contributed by atoms with Crippen LogP contribution in [0.25, 0.3) is 10.9 Å². The van der Waals surface area contributed by atoms with Crippen molar-refractivity contribution in [3.8, 4) is 0 Å². The lowest BCUT2D eigenvalue weighted by Gasteiger charge is -2.10. The molecule has 0 aliphatic rings. The molecule has 0 radical (unpaired) electrons. The molecule has 0 saturated heterocycles. The van der Waals surface area contributed by atoms with Crippen LogP contribution >= 0.6 is 11.8 Å². The van der Waals surface area contributed by atoms with Crippen LogP contribution in [0.15, 0.2) is 53.6 Å². The third-order valence-corrected chi connectivity index (χ3v) is 5.25. The van der Waals surface area contributed by atoms with Crippen LogP contribution in [0.4, 0.5) is 0 Å². The average Bonchev–Trinajstić information content (AvgIpc) is 2.65. The summed E-state index contributed by atoms with van der Waals surface area (Å²) in [5.74, 6) is -0.463. The number of nitrogens with zero attached hydrogens (tertiary/aromatic N) is 1. The lowest BCUT2D eigenvalue weighted by atomic mass is 10.1. The topological polar surface area (TPSA) is 71.1 Å². The number of nitrogens with one attached hydrogen (secondary N) is 2. The zero-order valence-corrected chi connectivity index (χ0v) is 16.3. The predicted molar refractivity (Wildman–Crippen MR) is 109 cm³/mol. The van der Waals surface area contributed by atoms with Crippen molar-refractivity contribution in [2.24, 2.45) is 0 Å². The molecule has 0 fully saturated rings. The molecule has 3 aromatic rings. The van der Waals surface area contributed by atoms with Crippen LogP contribution in [-0.4, -0.2) is 22.6 Å². The summed E-state index contributed by atoms with van der Waals surface area (Å²) >= 11 is 1.35. The molecule has 0 aliphatic heterocycles. The Morgan fingerprint density at radius 2 is 1.70 bits per heavy atom. The number of hydrazine groups is 1. The van der Waals surface area contributed by atoms with E-state index in [9.17, 15) is 9.59 Å². The molecule has 0 saturated carbocycles. The van der Waals surface area contributed by atoms with Crippen molar-refractivity contribution < 1.29 is 9.59 Å². The number of thioether (sulfide) groups is 1. The van der Waals surface area contributed by atoms with Crippen LogP contribution in [-0.2, 0) is 4.79 Å². The molecule has 0 aliphatic carbocycles. The Morgan fingerprint density at radius 3 is 2.44 bits per heavy atom.